The maximum atomic E-state index is 12.5. The number of hydrogen-bond acceptors (Lipinski definition) is 9. The van der Waals surface area contributed by atoms with Gasteiger partial charge >= 0.3 is 6.18 Å². The summed E-state index contributed by atoms with van der Waals surface area (Å²) in [6.07, 6.45) is -1.12. The average Bonchev–Trinajstić information content (AvgIpc) is 3.33. The summed E-state index contributed by atoms with van der Waals surface area (Å²) < 4.78 is 68.5. The summed E-state index contributed by atoms with van der Waals surface area (Å²) in [4.78, 5) is 22.5. The monoisotopic (exact) mass is 576 g/mol. The Morgan fingerprint density at radius 3 is 2.65 bits per heavy atom. The molecule has 0 bridgehead atoms. The molecule has 1 fully saturated rings. The Morgan fingerprint density at radius 1 is 1.10 bits per heavy atom. The largest absolute Gasteiger partial charge is 0.493 e. The van der Waals surface area contributed by atoms with Crippen molar-refractivity contribution in [1.82, 2.24) is 34.1 Å². The second-order valence-corrected chi connectivity index (χ2v) is 11.4. The molecular weight excluding hydrogens is 549 g/mol. The molecule has 15 heteroatoms. The molecule has 0 amide bonds. The van der Waals surface area contributed by atoms with E-state index in [0.717, 1.165) is 26.5 Å². The number of nitrogens with one attached hydrogen (secondary N) is 2. The molecule has 1 aromatic carbocycles. The van der Waals surface area contributed by atoms with Gasteiger partial charge in [0, 0.05) is 44.5 Å². The van der Waals surface area contributed by atoms with Gasteiger partial charge in [-0.1, -0.05) is 6.07 Å². The van der Waals surface area contributed by atoms with Crippen molar-refractivity contribution in [2.24, 2.45) is 0 Å². The molecule has 0 unspecified atom stereocenters. The van der Waals surface area contributed by atoms with E-state index in [9.17, 15) is 21.6 Å². The van der Waals surface area contributed by atoms with Crippen molar-refractivity contribution in [3.8, 4) is 17.0 Å². The van der Waals surface area contributed by atoms with Crippen molar-refractivity contribution in [1.29, 1.82) is 0 Å². The van der Waals surface area contributed by atoms with Gasteiger partial charge in [0.15, 0.2) is 5.75 Å². The summed E-state index contributed by atoms with van der Waals surface area (Å²) in [5.41, 5.74) is 3.99. The minimum Gasteiger partial charge on any atom is -0.493 e. The molecule has 11 nitrogen and oxygen atoms in total. The fraction of sp³-hybridized carbons (Fsp3) is 0.360. The van der Waals surface area contributed by atoms with Crippen LogP contribution in [0.4, 0.5) is 24.9 Å². The molecule has 0 spiro atoms. The standard InChI is InChI=1S/C25H27F3N8O3S/c1-39-21-14-29-16-31-23(21)18-2-3-19-20(13-18)33-24(32-19)34-22-12-17(4-6-30-22)15-35-7-9-36(10-8-35)40(37,38)11-5-25(26,27)28/h2-4,6,12-14,16H,5,7-11,15H2,1H3,(H2,30,32,33,34). The fourth-order valence-corrected chi connectivity index (χ4v) is 5.93. The molecular formula is C25H27F3N8O3S. The summed E-state index contributed by atoms with van der Waals surface area (Å²) in [6.45, 7) is 1.67. The van der Waals surface area contributed by atoms with Crippen molar-refractivity contribution in [2.45, 2.75) is 19.1 Å². The molecule has 0 aliphatic carbocycles. The van der Waals surface area contributed by atoms with E-state index in [4.69, 9.17) is 4.74 Å². The van der Waals surface area contributed by atoms with Gasteiger partial charge in [-0.3, -0.25) is 4.90 Å². The van der Waals surface area contributed by atoms with E-state index in [1.807, 2.05) is 30.3 Å². The van der Waals surface area contributed by atoms with Crippen LogP contribution in [0.3, 0.4) is 0 Å². The zero-order valence-corrected chi connectivity index (χ0v) is 22.3. The summed E-state index contributed by atoms with van der Waals surface area (Å²) in [5.74, 6) is 0.713. The number of piperazine rings is 1. The molecule has 4 heterocycles. The van der Waals surface area contributed by atoms with Gasteiger partial charge in [0.2, 0.25) is 16.0 Å². The number of fused-ring (bicyclic) bond motifs is 1. The number of sulfonamides is 1. The van der Waals surface area contributed by atoms with Crippen LogP contribution < -0.4 is 10.1 Å². The second-order valence-electron chi connectivity index (χ2n) is 9.29. The van der Waals surface area contributed by atoms with E-state index in [-0.39, 0.29) is 13.1 Å². The molecule has 0 atom stereocenters. The lowest BCUT2D eigenvalue weighted by molar-refractivity contribution is -0.130. The van der Waals surface area contributed by atoms with Gasteiger partial charge in [-0.05, 0) is 29.8 Å². The predicted octanol–water partition coefficient (Wildman–Crippen LogP) is 3.57. The topological polar surface area (TPSA) is 129 Å². The van der Waals surface area contributed by atoms with Gasteiger partial charge in [-0.2, -0.15) is 17.5 Å². The van der Waals surface area contributed by atoms with Gasteiger partial charge in [-0.15, -0.1) is 0 Å². The zero-order chi connectivity index (χ0) is 28.3. The minimum atomic E-state index is -4.50. The molecule has 3 aromatic heterocycles. The number of imidazole rings is 1. The average molecular weight is 577 g/mol. The number of anilines is 2. The first-order valence-electron chi connectivity index (χ1n) is 12.4. The van der Waals surface area contributed by atoms with E-state index < -0.39 is 28.4 Å². The summed E-state index contributed by atoms with van der Waals surface area (Å²) >= 11 is 0. The number of hydrogen-bond donors (Lipinski definition) is 2. The van der Waals surface area contributed by atoms with Crippen LogP contribution in [0.5, 0.6) is 5.75 Å². The zero-order valence-electron chi connectivity index (χ0n) is 21.5. The van der Waals surface area contributed by atoms with Gasteiger partial charge < -0.3 is 15.0 Å². The third-order valence-electron chi connectivity index (χ3n) is 6.50. The van der Waals surface area contributed by atoms with E-state index in [1.165, 1.54) is 6.33 Å². The van der Waals surface area contributed by atoms with Crippen molar-refractivity contribution >= 4 is 32.8 Å². The highest BCUT2D eigenvalue weighted by Gasteiger charge is 2.33. The second kappa shape index (κ2) is 11.3. The molecule has 0 radical (unpaired) electrons. The van der Waals surface area contributed by atoms with Crippen molar-refractivity contribution in [3.05, 3.63) is 54.6 Å². The SMILES string of the molecule is COc1cncnc1-c1ccc2nc(Nc3cc(CN4CCN(S(=O)(=O)CCC(F)(F)F)CC4)ccn3)[nH]c2c1. The number of aromatic nitrogens is 5. The van der Waals surface area contributed by atoms with E-state index in [1.54, 1.807) is 19.5 Å². The van der Waals surface area contributed by atoms with Crippen LogP contribution >= 0.6 is 0 Å². The highest BCUT2D eigenvalue weighted by Crippen LogP contribution is 2.29. The first-order valence-corrected chi connectivity index (χ1v) is 14.0. The lowest BCUT2D eigenvalue weighted by Gasteiger charge is -2.34. The fourth-order valence-electron chi connectivity index (χ4n) is 4.46. The maximum Gasteiger partial charge on any atom is 0.390 e. The molecule has 2 N–H and O–H groups in total. The Kier molecular flexibility index (Phi) is 7.87. The molecule has 0 saturated carbocycles. The van der Waals surface area contributed by atoms with E-state index in [0.29, 0.717) is 42.8 Å². The van der Waals surface area contributed by atoms with Crippen LogP contribution in [0.2, 0.25) is 0 Å². The molecule has 1 saturated heterocycles. The molecule has 40 heavy (non-hydrogen) atoms. The van der Waals surface area contributed by atoms with Crippen LogP contribution in [0.1, 0.15) is 12.0 Å². The Hall–Kier alpha value is -3.82. The summed E-state index contributed by atoms with van der Waals surface area (Å²) in [7, 11) is -2.38. The van der Waals surface area contributed by atoms with Crippen LogP contribution in [-0.2, 0) is 16.6 Å². The van der Waals surface area contributed by atoms with E-state index >= 15 is 0 Å². The minimum absolute atomic E-state index is 0.151. The molecule has 212 valence electrons. The van der Waals surface area contributed by atoms with E-state index in [2.05, 4.69) is 35.1 Å². The van der Waals surface area contributed by atoms with Gasteiger partial charge in [-0.25, -0.2) is 28.4 Å². The summed E-state index contributed by atoms with van der Waals surface area (Å²) in [6, 6.07) is 9.43. The quantitative estimate of drug-likeness (QED) is 0.307. The number of nitrogens with zero attached hydrogens (tertiary/aromatic N) is 6. The van der Waals surface area contributed by atoms with Gasteiger partial charge in [0.1, 0.15) is 17.8 Å². The number of benzene rings is 1. The maximum absolute atomic E-state index is 12.5. The predicted molar refractivity (Wildman–Crippen MR) is 143 cm³/mol. The third kappa shape index (κ3) is 6.66. The Bertz CT molecular complexity index is 1590. The van der Waals surface area contributed by atoms with Crippen molar-refractivity contribution < 1.29 is 26.3 Å². The lowest BCUT2D eigenvalue weighted by Crippen LogP contribution is -2.49. The first-order chi connectivity index (χ1) is 19.1. The number of halogens is 3. The molecule has 5 rings (SSSR count). The van der Waals surface area contributed by atoms with Gasteiger partial charge in [0.25, 0.3) is 0 Å². The number of methoxy groups -OCH3 is 1. The van der Waals surface area contributed by atoms with Gasteiger partial charge in [0.05, 0.1) is 36.5 Å². The number of H-pyrrole nitrogens is 1. The summed E-state index contributed by atoms with van der Waals surface area (Å²) in [5, 5.41) is 3.18. The van der Waals surface area contributed by atoms with Crippen molar-refractivity contribution in [3.63, 3.8) is 0 Å². The van der Waals surface area contributed by atoms with Crippen LogP contribution in [0.25, 0.3) is 22.3 Å². The molecule has 1 aliphatic heterocycles. The number of ether oxygens (including phenoxy) is 1. The Morgan fingerprint density at radius 2 is 1.90 bits per heavy atom. The van der Waals surface area contributed by atoms with Crippen LogP contribution in [0.15, 0.2) is 49.1 Å². The normalized spacial score (nSPS) is 15.4. The lowest BCUT2D eigenvalue weighted by atomic mass is 10.1. The van der Waals surface area contributed by atoms with Crippen LogP contribution in [-0.4, -0.2) is 87.8 Å². The molecule has 1 aliphatic rings. The van der Waals surface area contributed by atoms with Crippen molar-refractivity contribution in [2.75, 3.05) is 44.4 Å². The smallest absolute Gasteiger partial charge is 0.390 e. The third-order valence-corrected chi connectivity index (χ3v) is 8.37. The molecule has 4 aromatic rings. The number of pyridine rings is 1. The highest BCUT2D eigenvalue weighted by atomic mass is 32.2. The Labute approximate surface area is 228 Å². The van der Waals surface area contributed by atoms with Crippen LogP contribution in [0, 0.1) is 0 Å². The number of alkyl halides is 3. The highest BCUT2D eigenvalue weighted by molar-refractivity contribution is 7.89. The number of aromatic amines is 1. The Balaban J connectivity index is 1.21. The first kappa shape index (κ1) is 27.7. The number of rotatable bonds is 9.